The van der Waals surface area contributed by atoms with E-state index in [1.807, 2.05) is 34.6 Å². The summed E-state index contributed by atoms with van der Waals surface area (Å²) in [5.41, 5.74) is 5.03. The van der Waals surface area contributed by atoms with E-state index in [1.165, 1.54) is 0 Å². The van der Waals surface area contributed by atoms with Crippen LogP contribution in [0.1, 0.15) is 47.5 Å². The predicted octanol–water partition coefficient (Wildman–Crippen LogP) is 1.86. The average molecular weight is 231 g/mol. The number of hydrogen-bond donors (Lipinski definition) is 1. The van der Waals surface area contributed by atoms with E-state index in [-0.39, 0.29) is 11.6 Å². The lowest BCUT2D eigenvalue weighted by atomic mass is 9.99. The summed E-state index contributed by atoms with van der Waals surface area (Å²) in [6, 6.07) is -0.575. The summed E-state index contributed by atoms with van der Waals surface area (Å²) in [7, 11) is 1.65. The van der Waals surface area contributed by atoms with Crippen molar-refractivity contribution in [2.75, 3.05) is 7.11 Å². The molecule has 0 radical (unpaired) electrons. The fourth-order valence-corrected chi connectivity index (χ4v) is 1.10. The normalized spacial score (nSPS) is 14.7. The van der Waals surface area contributed by atoms with Gasteiger partial charge in [-0.25, -0.2) is 0 Å². The van der Waals surface area contributed by atoms with Gasteiger partial charge in [0.25, 0.3) is 0 Å². The molecule has 0 saturated carbocycles. The number of carbonyl (C=O) groups is 1. The molecule has 0 rings (SSSR count). The molecule has 4 heteroatoms. The van der Waals surface area contributed by atoms with Crippen LogP contribution in [0.2, 0.25) is 0 Å². The van der Waals surface area contributed by atoms with Gasteiger partial charge < -0.3 is 15.2 Å². The van der Waals surface area contributed by atoms with Crippen molar-refractivity contribution in [3.8, 4) is 0 Å². The van der Waals surface area contributed by atoms with Gasteiger partial charge in [0.15, 0.2) is 0 Å². The molecule has 0 aliphatic rings. The van der Waals surface area contributed by atoms with E-state index in [2.05, 4.69) is 0 Å². The summed E-state index contributed by atoms with van der Waals surface area (Å²) >= 11 is 0. The van der Waals surface area contributed by atoms with Crippen LogP contribution < -0.4 is 5.73 Å². The van der Waals surface area contributed by atoms with Crippen molar-refractivity contribution < 1.29 is 14.3 Å². The SMILES string of the molecule is COC(C)(C)CCC(N)C(=O)OC(C)(C)C. The highest BCUT2D eigenvalue weighted by atomic mass is 16.6. The van der Waals surface area contributed by atoms with Crippen LogP contribution in [0.25, 0.3) is 0 Å². The second kappa shape index (κ2) is 5.64. The molecule has 0 fully saturated rings. The van der Waals surface area contributed by atoms with Crippen LogP contribution in [-0.4, -0.2) is 30.3 Å². The van der Waals surface area contributed by atoms with Gasteiger partial charge in [0.1, 0.15) is 11.6 Å². The maximum atomic E-state index is 11.6. The first kappa shape index (κ1) is 15.4. The summed E-state index contributed by atoms with van der Waals surface area (Å²) < 4.78 is 10.5. The highest BCUT2D eigenvalue weighted by Gasteiger charge is 2.25. The minimum Gasteiger partial charge on any atom is -0.459 e. The van der Waals surface area contributed by atoms with Crippen LogP contribution in [0.15, 0.2) is 0 Å². The second-order valence-electron chi connectivity index (χ2n) is 5.64. The van der Waals surface area contributed by atoms with Crippen molar-refractivity contribution in [1.29, 1.82) is 0 Å². The molecule has 0 aliphatic carbocycles. The zero-order chi connectivity index (χ0) is 13.0. The third-order valence-corrected chi connectivity index (χ3v) is 2.32. The third-order valence-electron chi connectivity index (χ3n) is 2.32. The molecule has 0 aromatic carbocycles. The van der Waals surface area contributed by atoms with Gasteiger partial charge in [-0.3, -0.25) is 4.79 Å². The first-order chi connectivity index (χ1) is 7.07. The molecule has 0 spiro atoms. The molecule has 1 atom stereocenters. The lowest BCUT2D eigenvalue weighted by Gasteiger charge is -2.26. The second-order valence-corrected chi connectivity index (χ2v) is 5.64. The average Bonchev–Trinajstić information content (AvgIpc) is 2.11. The Hall–Kier alpha value is -0.610. The van der Waals surface area contributed by atoms with E-state index in [0.29, 0.717) is 6.42 Å². The van der Waals surface area contributed by atoms with Crippen LogP contribution in [0.3, 0.4) is 0 Å². The molecule has 0 amide bonds. The first-order valence-electron chi connectivity index (χ1n) is 5.61. The molecule has 0 aromatic heterocycles. The number of rotatable bonds is 5. The van der Waals surface area contributed by atoms with Crippen molar-refractivity contribution in [3.63, 3.8) is 0 Å². The lowest BCUT2D eigenvalue weighted by molar-refractivity contribution is -0.156. The van der Waals surface area contributed by atoms with E-state index in [1.54, 1.807) is 7.11 Å². The number of hydrogen-bond acceptors (Lipinski definition) is 4. The molecular formula is C12H25NO3. The molecule has 0 aliphatic heterocycles. The van der Waals surface area contributed by atoms with E-state index in [0.717, 1.165) is 6.42 Å². The maximum Gasteiger partial charge on any atom is 0.323 e. The Labute approximate surface area is 98.5 Å². The fraction of sp³-hybridized carbons (Fsp3) is 0.917. The molecule has 16 heavy (non-hydrogen) atoms. The zero-order valence-corrected chi connectivity index (χ0v) is 11.3. The van der Waals surface area contributed by atoms with Gasteiger partial charge >= 0.3 is 5.97 Å². The lowest BCUT2D eigenvalue weighted by Crippen LogP contribution is -2.38. The Morgan fingerprint density at radius 3 is 2.12 bits per heavy atom. The minimum atomic E-state index is -0.575. The summed E-state index contributed by atoms with van der Waals surface area (Å²) in [5.74, 6) is -0.348. The van der Waals surface area contributed by atoms with E-state index in [9.17, 15) is 4.79 Å². The first-order valence-corrected chi connectivity index (χ1v) is 5.61. The van der Waals surface area contributed by atoms with Crippen LogP contribution in [0.5, 0.6) is 0 Å². The largest absolute Gasteiger partial charge is 0.459 e. The van der Waals surface area contributed by atoms with Gasteiger partial charge in [-0.1, -0.05) is 0 Å². The molecule has 0 bridgehead atoms. The molecule has 0 saturated heterocycles. The fourth-order valence-electron chi connectivity index (χ4n) is 1.10. The molecule has 0 heterocycles. The number of esters is 1. The van der Waals surface area contributed by atoms with Gasteiger partial charge in [0.2, 0.25) is 0 Å². The smallest absolute Gasteiger partial charge is 0.323 e. The number of methoxy groups -OCH3 is 1. The van der Waals surface area contributed by atoms with Crippen LogP contribution >= 0.6 is 0 Å². The highest BCUT2D eigenvalue weighted by molar-refractivity contribution is 5.75. The Balaban J connectivity index is 4.08. The van der Waals surface area contributed by atoms with Crippen molar-refractivity contribution in [3.05, 3.63) is 0 Å². The molecule has 0 aromatic rings. The highest BCUT2D eigenvalue weighted by Crippen LogP contribution is 2.17. The maximum absolute atomic E-state index is 11.6. The van der Waals surface area contributed by atoms with Crippen molar-refractivity contribution in [1.82, 2.24) is 0 Å². The van der Waals surface area contributed by atoms with Gasteiger partial charge in [-0.15, -0.1) is 0 Å². The zero-order valence-electron chi connectivity index (χ0n) is 11.3. The van der Waals surface area contributed by atoms with Gasteiger partial charge in [-0.2, -0.15) is 0 Å². The predicted molar refractivity (Wildman–Crippen MR) is 64.1 cm³/mol. The van der Waals surface area contributed by atoms with Gasteiger partial charge in [-0.05, 0) is 47.5 Å². The summed E-state index contributed by atoms with van der Waals surface area (Å²) in [4.78, 5) is 11.6. The van der Waals surface area contributed by atoms with Crippen LogP contribution in [0, 0.1) is 0 Å². The van der Waals surface area contributed by atoms with E-state index >= 15 is 0 Å². The summed E-state index contributed by atoms with van der Waals surface area (Å²) in [6.45, 7) is 9.42. The van der Waals surface area contributed by atoms with Crippen molar-refractivity contribution in [2.24, 2.45) is 5.73 Å². The van der Waals surface area contributed by atoms with Crippen molar-refractivity contribution >= 4 is 5.97 Å². The number of carbonyl (C=O) groups excluding carboxylic acids is 1. The van der Waals surface area contributed by atoms with Crippen LogP contribution in [-0.2, 0) is 14.3 Å². The molecule has 2 N–H and O–H groups in total. The standard InChI is InChI=1S/C12H25NO3/c1-11(2,3)16-10(14)9(13)7-8-12(4,5)15-6/h9H,7-8,13H2,1-6H3. The Morgan fingerprint density at radius 1 is 1.25 bits per heavy atom. The summed E-state index contributed by atoms with van der Waals surface area (Å²) in [5, 5.41) is 0. The molecular weight excluding hydrogens is 206 g/mol. The topological polar surface area (TPSA) is 61.5 Å². The quantitative estimate of drug-likeness (QED) is 0.734. The molecule has 96 valence electrons. The van der Waals surface area contributed by atoms with Gasteiger partial charge in [0.05, 0.1) is 5.60 Å². The van der Waals surface area contributed by atoms with E-state index in [4.69, 9.17) is 15.2 Å². The molecule has 4 nitrogen and oxygen atoms in total. The Morgan fingerprint density at radius 2 is 1.75 bits per heavy atom. The van der Waals surface area contributed by atoms with Gasteiger partial charge in [0, 0.05) is 7.11 Å². The Bertz CT molecular complexity index is 231. The Kier molecular flexibility index (Phi) is 5.42. The number of ether oxygens (including phenoxy) is 2. The van der Waals surface area contributed by atoms with Crippen LogP contribution in [0.4, 0.5) is 0 Å². The van der Waals surface area contributed by atoms with E-state index < -0.39 is 11.6 Å². The summed E-state index contributed by atoms with van der Waals surface area (Å²) in [6.07, 6.45) is 1.29. The third kappa shape index (κ3) is 6.80. The van der Waals surface area contributed by atoms with Crippen molar-refractivity contribution in [2.45, 2.75) is 64.7 Å². The molecule has 1 unspecified atom stereocenters. The monoisotopic (exact) mass is 231 g/mol. The number of nitrogens with two attached hydrogens (primary N) is 1. The minimum absolute atomic E-state index is 0.250.